The van der Waals surface area contributed by atoms with Gasteiger partial charge in [-0.15, -0.1) is 0 Å². The molecule has 4 nitrogen and oxygen atoms in total. The number of benzene rings is 2. The van der Waals surface area contributed by atoms with Gasteiger partial charge in [-0.05, 0) is 29.8 Å². The van der Waals surface area contributed by atoms with E-state index in [9.17, 15) is 14.5 Å². The minimum absolute atomic E-state index is 0.107. The summed E-state index contributed by atoms with van der Waals surface area (Å²) in [5, 5.41) is 14.1. The molecule has 2 rings (SSSR count). The summed E-state index contributed by atoms with van der Waals surface area (Å²) in [5.74, 6) is -0.343. The van der Waals surface area contributed by atoms with E-state index in [-0.39, 0.29) is 11.5 Å². The summed E-state index contributed by atoms with van der Waals surface area (Å²) in [4.78, 5) is 10.4. The number of hydrogen-bond acceptors (Lipinski definition) is 3. The van der Waals surface area contributed by atoms with Crippen molar-refractivity contribution in [2.45, 2.75) is 6.54 Å². The Morgan fingerprint density at radius 2 is 2.05 bits per heavy atom. The third kappa shape index (κ3) is 3.42. The van der Waals surface area contributed by atoms with E-state index in [2.05, 4.69) is 5.32 Å². The van der Waals surface area contributed by atoms with Crippen molar-refractivity contribution in [3.63, 3.8) is 0 Å². The highest BCUT2D eigenvalue weighted by Crippen LogP contribution is 2.28. The SMILES string of the molecule is O=[N+]([O-])c1cc(Cl)ccc1NCc1cccc(F)c1. The highest BCUT2D eigenvalue weighted by Gasteiger charge is 2.13. The van der Waals surface area contributed by atoms with E-state index < -0.39 is 4.92 Å². The van der Waals surface area contributed by atoms with Crippen LogP contribution in [0.15, 0.2) is 42.5 Å². The van der Waals surface area contributed by atoms with Gasteiger partial charge >= 0.3 is 0 Å². The fourth-order valence-corrected chi connectivity index (χ4v) is 1.82. The largest absolute Gasteiger partial charge is 0.375 e. The molecule has 98 valence electrons. The zero-order valence-electron chi connectivity index (χ0n) is 9.77. The van der Waals surface area contributed by atoms with Gasteiger partial charge in [-0.1, -0.05) is 23.7 Å². The van der Waals surface area contributed by atoms with Gasteiger partial charge in [-0.25, -0.2) is 4.39 Å². The lowest BCUT2D eigenvalue weighted by molar-refractivity contribution is -0.383. The van der Waals surface area contributed by atoms with E-state index in [0.29, 0.717) is 22.8 Å². The number of hydrogen-bond donors (Lipinski definition) is 1. The molecule has 0 unspecified atom stereocenters. The molecule has 2 aromatic carbocycles. The average molecular weight is 281 g/mol. The van der Waals surface area contributed by atoms with E-state index in [1.54, 1.807) is 18.2 Å². The summed E-state index contributed by atoms with van der Waals surface area (Å²) >= 11 is 5.72. The van der Waals surface area contributed by atoms with Crippen LogP contribution in [-0.2, 0) is 6.54 Å². The van der Waals surface area contributed by atoms with Gasteiger partial charge in [0.2, 0.25) is 0 Å². The van der Waals surface area contributed by atoms with Gasteiger partial charge < -0.3 is 5.32 Å². The monoisotopic (exact) mass is 280 g/mol. The van der Waals surface area contributed by atoms with Crippen LogP contribution in [0.25, 0.3) is 0 Å². The summed E-state index contributed by atoms with van der Waals surface area (Å²) in [6, 6.07) is 10.4. The van der Waals surface area contributed by atoms with Crippen molar-refractivity contribution in [3.05, 3.63) is 69.0 Å². The molecule has 0 heterocycles. The maximum atomic E-state index is 13.0. The van der Waals surface area contributed by atoms with Gasteiger partial charge in [0.05, 0.1) is 4.92 Å². The van der Waals surface area contributed by atoms with Crippen molar-refractivity contribution in [1.29, 1.82) is 0 Å². The van der Waals surface area contributed by atoms with Crippen LogP contribution >= 0.6 is 11.6 Å². The number of rotatable bonds is 4. The molecule has 0 aromatic heterocycles. The normalized spacial score (nSPS) is 10.2. The van der Waals surface area contributed by atoms with Gasteiger partial charge in [-0.2, -0.15) is 0 Å². The van der Waals surface area contributed by atoms with Gasteiger partial charge in [-0.3, -0.25) is 10.1 Å². The van der Waals surface area contributed by atoms with Crippen LogP contribution in [0, 0.1) is 15.9 Å². The van der Waals surface area contributed by atoms with Gasteiger partial charge in [0, 0.05) is 17.6 Å². The number of halogens is 2. The van der Waals surface area contributed by atoms with Crippen LogP contribution in [0.2, 0.25) is 5.02 Å². The molecule has 0 radical (unpaired) electrons. The first-order chi connectivity index (χ1) is 9.06. The lowest BCUT2D eigenvalue weighted by atomic mass is 10.2. The average Bonchev–Trinajstić information content (AvgIpc) is 2.37. The smallest absolute Gasteiger partial charge is 0.293 e. The second-order valence-corrected chi connectivity index (χ2v) is 4.34. The van der Waals surface area contributed by atoms with Crippen LogP contribution in [0.3, 0.4) is 0 Å². The molecule has 0 aliphatic carbocycles. The van der Waals surface area contributed by atoms with Gasteiger partial charge in [0.15, 0.2) is 0 Å². The van der Waals surface area contributed by atoms with Crippen LogP contribution in [0.1, 0.15) is 5.56 Å². The molecule has 0 saturated heterocycles. The number of nitrogens with one attached hydrogen (secondary N) is 1. The molecule has 0 amide bonds. The highest BCUT2D eigenvalue weighted by atomic mass is 35.5. The molecular formula is C13H10ClFN2O2. The first kappa shape index (κ1) is 13.3. The van der Waals surface area contributed by atoms with E-state index in [1.165, 1.54) is 24.3 Å². The van der Waals surface area contributed by atoms with Crippen molar-refractivity contribution < 1.29 is 9.31 Å². The van der Waals surface area contributed by atoms with Crippen LogP contribution in [0.5, 0.6) is 0 Å². The molecule has 0 aliphatic rings. The fourth-order valence-electron chi connectivity index (χ4n) is 1.65. The predicted octanol–water partition coefficient (Wildman–Crippen LogP) is 4.00. The summed E-state index contributed by atoms with van der Waals surface area (Å²) in [5.41, 5.74) is 0.937. The van der Waals surface area contributed by atoms with Crippen LogP contribution in [-0.4, -0.2) is 4.92 Å². The van der Waals surface area contributed by atoms with E-state index in [1.807, 2.05) is 0 Å². The molecule has 1 N–H and O–H groups in total. The number of anilines is 1. The second kappa shape index (κ2) is 5.67. The van der Waals surface area contributed by atoms with Crippen molar-refractivity contribution in [1.82, 2.24) is 0 Å². The molecular weight excluding hydrogens is 271 g/mol. The fraction of sp³-hybridized carbons (Fsp3) is 0.0769. The number of nitro benzene ring substituents is 1. The Morgan fingerprint density at radius 3 is 2.74 bits per heavy atom. The summed E-state index contributed by atoms with van der Waals surface area (Å²) in [7, 11) is 0. The molecule has 6 heteroatoms. The molecule has 0 saturated carbocycles. The Kier molecular flexibility index (Phi) is 3.97. The maximum Gasteiger partial charge on any atom is 0.293 e. The quantitative estimate of drug-likeness (QED) is 0.680. The molecule has 19 heavy (non-hydrogen) atoms. The molecule has 0 spiro atoms. The topological polar surface area (TPSA) is 55.2 Å². The third-order valence-electron chi connectivity index (χ3n) is 2.53. The molecule has 0 bridgehead atoms. The van der Waals surface area contributed by atoms with Crippen LogP contribution in [0.4, 0.5) is 15.8 Å². The first-order valence-corrected chi connectivity index (χ1v) is 5.86. The lowest BCUT2D eigenvalue weighted by Crippen LogP contribution is -2.02. The zero-order valence-corrected chi connectivity index (χ0v) is 10.5. The van der Waals surface area contributed by atoms with E-state index >= 15 is 0 Å². The van der Waals surface area contributed by atoms with Crippen molar-refractivity contribution >= 4 is 23.0 Å². The summed E-state index contributed by atoms with van der Waals surface area (Å²) in [6.07, 6.45) is 0. The summed E-state index contributed by atoms with van der Waals surface area (Å²) < 4.78 is 13.0. The van der Waals surface area contributed by atoms with Crippen molar-refractivity contribution in [2.24, 2.45) is 0 Å². The van der Waals surface area contributed by atoms with Crippen molar-refractivity contribution in [3.8, 4) is 0 Å². The summed E-state index contributed by atoms with van der Waals surface area (Å²) in [6.45, 7) is 0.292. The second-order valence-electron chi connectivity index (χ2n) is 3.90. The Bertz CT molecular complexity index is 619. The molecule has 0 aliphatic heterocycles. The van der Waals surface area contributed by atoms with Gasteiger partial charge in [0.25, 0.3) is 5.69 Å². The minimum Gasteiger partial charge on any atom is -0.375 e. The van der Waals surface area contributed by atoms with E-state index in [4.69, 9.17) is 11.6 Å². The first-order valence-electron chi connectivity index (χ1n) is 5.48. The van der Waals surface area contributed by atoms with Crippen molar-refractivity contribution in [2.75, 3.05) is 5.32 Å². The Morgan fingerprint density at radius 1 is 1.26 bits per heavy atom. The molecule has 2 aromatic rings. The Labute approximate surface area is 114 Å². The zero-order chi connectivity index (χ0) is 13.8. The molecule has 0 atom stereocenters. The molecule has 0 fully saturated rings. The number of nitrogens with zero attached hydrogens (tertiary/aromatic N) is 1. The Balaban J connectivity index is 2.17. The standard InChI is InChI=1S/C13H10ClFN2O2/c14-10-4-5-12(13(7-10)17(18)19)16-8-9-2-1-3-11(15)6-9/h1-7,16H,8H2. The lowest BCUT2D eigenvalue weighted by Gasteiger charge is -2.07. The maximum absolute atomic E-state index is 13.0. The van der Waals surface area contributed by atoms with Gasteiger partial charge in [0.1, 0.15) is 11.5 Å². The van der Waals surface area contributed by atoms with E-state index in [0.717, 1.165) is 0 Å². The van der Waals surface area contributed by atoms with Crippen LogP contribution < -0.4 is 5.32 Å². The third-order valence-corrected chi connectivity index (χ3v) is 2.76. The predicted molar refractivity (Wildman–Crippen MR) is 71.8 cm³/mol. The number of nitro groups is 1. The Hall–Kier alpha value is -2.14. The highest BCUT2D eigenvalue weighted by molar-refractivity contribution is 6.30. The minimum atomic E-state index is -0.514.